The molecule has 2 atom stereocenters. The van der Waals surface area contributed by atoms with Gasteiger partial charge in [0.25, 0.3) is 11.8 Å². The maximum Gasteiger partial charge on any atom is 0.271 e. The fourth-order valence-electron chi connectivity index (χ4n) is 5.25. The minimum Gasteiger partial charge on any atom is -0.493 e. The number of carbonyl (C=O) groups is 3. The van der Waals surface area contributed by atoms with E-state index in [1.54, 1.807) is 42.3 Å². The molecule has 0 unspecified atom stereocenters. The quantitative estimate of drug-likeness (QED) is 0.461. The van der Waals surface area contributed by atoms with E-state index in [4.69, 9.17) is 14.2 Å². The van der Waals surface area contributed by atoms with Crippen molar-refractivity contribution in [2.45, 2.75) is 38.5 Å². The standard InChI is InChI=1S/C31H36N6O6/c1-4-13-37-18-29(38)33-23-12-14-36(28-11-9-24(34-35-28)30(39)32-2)17-27(23)42-19-20-6-5-7-22(15-20)43-26-16-21(31(37)40)8-10-25(26)41-3/h5-11,15-16,23,27H,4,12-14,17-19H2,1-3H3,(H,32,39)(H,33,38)/t23-,27-/m0/s1. The van der Waals surface area contributed by atoms with Gasteiger partial charge in [-0.25, -0.2) is 0 Å². The average molecular weight is 589 g/mol. The molecule has 2 N–H and O–H groups in total. The molecular formula is C31H36N6O6. The van der Waals surface area contributed by atoms with Crippen molar-refractivity contribution in [1.29, 1.82) is 0 Å². The molecule has 5 rings (SSSR count). The van der Waals surface area contributed by atoms with Crippen LogP contribution in [0.15, 0.2) is 54.6 Å². The Balaban J connectivity index is 1.43. The number of carbonyl (C=O) groups excluding carboxylic acids is 3. The van der Waals surface area contributed by atoms with Crippen LogP contribution in [-0.4, -0.2) is 85.3 Å². The van der Waals surface area contributed by atoms with Crippen molar-refractivity contribution >= 4 is 23.5 Å². The van der Waals surface area contributed by atoms with Gasteiger partial charge >= 0.3 is 0 Å². The highest BCUT2D eigenvalue weighted by Gasteiger charge is 2.33. The Morgan fingerprint density at radius 3 is 2.74 bits per heavy atom. The molecule has 12 heteroatoms. The number of nitrogens with zero attached hydrogens (tertiary/aromatic N) is 4. The minimum atomic E-state index is -0.390. The summed E-state index contributed by atoms with van der Waals surface area (Å²) in [5, 5.41) is 14.0. The predicted octanol–water partition coefficient (Wildman–Crippen LogP) is 2.78. The van der Waals surface area contributed by atoms with Crippen molar-refractivity contribution in [3.8, 4) is 17.2 Å². The average Bonchev–Trinajstić information content (AvgIpc) is 3.03. The van der Waals surface area contributed by atoms with Gasteiger partial charge in [-0.15, -0.1) is 10.2 Å². The molecule has 4 bridgehead atoms. The molecule has 1 fully saturated rings. The van der Waals surface area contributed by atoms with E-state index in [0.717, 1.165) is 5.56 Å². The van der Waals surface area contributed by atoms with Crippen molar-refractivity contribution in [2.24, 2.45) is 0 Å². The van der Waals surface area contributed by atoms with E-state index in [0.29, 0.717) is 61.1 Å². The summed E-state index contributed by atoms with van der Waals surface area (Å²) < 4.78 is 18.1. The first-order valence-electron chi connectivity index (χ1n) is 14.3. The highest BCUT2D eigenvalue weighted by atomic mass is 16.5. The van der Waals surface area contributed by atoms with Crippen LogP contribution in [0.1, 0.15) is 46.2 Å². The van der Waals surface area contributed by atoms with E-state index < -0.39 is 6.10 Å². The molecule has 3 amide bonds. The van der Waals surface area contributed by atoms with E-state index in [2.05, 4.69) is 20.8 Å². The molecular weight excluding hydrogens is 552 g/mol. The van der Waals surface area contributed by atoms with E-state index in [9.17, 15) is 14.4 Å². The predicted molar refractivity (Wildman–Crippen MR) is 158 cm³/mol. The molecule has 3 heterocycles. The topological polar surface area (TPSA) is 135 Å². The monoisotopic (exact) mass is 588 g/mol. The lowest BCUT2D eigenvalue weighted by Crippen LogP contribution is -2.56. The van der Waals surface area contributed by atoms with Gasteiger partial charge in [0.05, 0.1) is 32.4 Å². The summed E-state index contributed by atoms with van der Waals surface area (Å²) in [6.07, 6.45) is 0.885. The number of ether oxygens (including phenoxy) is 3. The zero-order valence-corrected chi connectivity index (χ0v) is 24.5. The first-order chi connectivity index (χ1) is 20.9. The summed E-state index contributed by atoms with van der Waals surface area (Å²) in [5.74, 6) is 1.21. The van der Waals surface area contributed by atoms with Gasteiger partial charge in [-0.2, -0.15) is 0 Å². The number of nitrogens with one attached hydrogen (secondary N) is 2. The number of fused-ring (bicyclic) bond motifs is 5. The third-order valence-corrected chi connectivity index (χ3v) is 7.46. The van der Waals surface area contributed by atoms with Gasteiger partial charge in [-0.05, 0) is 60.9 Å². The number of aromatic nitrogens is 2. The third kappa shape index (κ3) is 7.03. The minimum absolute atomic E-state index is 0.0900. The van der Waals surface area contributed by atoms with Crippen LogP contribution in [0.3, 0.4) is 0 Å². The van der Waals surface area contributed by atoms with Gasteiger partial charge in [0.2, 0.25) is 5.91 Å². The summed E-state index contributed by atoms with van der Waals surface area (Å²) in [4.78, 5) is 42.4. The van der Waals surface area contributed by atoms with Gasteiger partial charge in [0, 0.05) is 32.2 Å². The number of hydrogen-bond acceptors (Lipinski definition) is 9. The molecule has 43 heavy (non-hydrogen) atoms. The number of piperidine rings is 1. The van der Waals surface area contributed by atoms with Crippen molar-refractivity contribution in [3.63, 3.8) is 0 Å². The van der Waals surface area contributed by atoms with Crippen molar-refractivity contribution in [2.75, 3.05) is 45.2 Å². The summed E-state index contributed by atoms with van der Waals surface area (Å²) in [7, 11) is 3.08. The number of anilines is 1. The molecule has 3 aromatic rings. The Kier molecular flexibility index (Phi) is 9.35. The summed E-state index contributed by atoms with van der Waals surface area (Å²) in [6, 6.07) is 15.6. The second-order valence-electron chi connectivity index (χ2n) is 10.5. The lowest BCUT2D eigenvalue weighted by Gasteiger charge is -2.39. The smallest absolute Gasteiger partial charge is 0.271 e. The summed E-state index contributed by atoms with van der Waals surface area (Å²) >= 11 is 0. The Morgan fingerprint density at radius 2 is 2.00 bits per heavy atom. The fourth-order valence-corrected chi connectivity index (χ4v) is 5.25. The molecule has 1 aromatic heterocycles. The first-order valence-corrected chi connectivity index (χ1v) is 14.3. The van der Waals surface area contributed by atoms with Crippen LogP contribution in [0, 0.1) is 0 Å². The Labute approximate surface area is 250 Å². The highest BCUT2D eigenvalue weighted by Crippen LogP contribution is 2.33. The molecule has 1 saturated heterocycles. The van der Waals surface area contributed by atoms with Crippen molar-refractivity contribution in [1.82, 2.24) is 25.7 Å². The Morgan fingerprint density at radius 1 is 1.14 bits per heavy atom. The Bertz CT molecular complexity index is 1470. The zero-order valence-electron chi connectivity index (χ0n) is 24.5. The second-order valence-corrected chi connectivity index (χ2v) is 10.5. The first kappa shape index (κ1) is 29.8. The van der Waals surface area contributed by atoms with Crippen LogP contribution in [0.5, 0.6) is 17.2 Å². The summed E-state index contributed by atoms with van der Waals surface area (Å²) in [5.41, 5.74) is 1.51. The van der Waals surface area contributed by atoms with Crippen molar-refractivity contribution in [3.05, 3.63) is 71.4 Å². The number of methoxy groups -OCH3 is 1. The van der Waals surface area contributed by atoms with E-state index in [1.165, 1.54) is 7.05 Å². The number of rotatable bonds is 5. The van der Waals surface area contributed by atoms with Crippen LogP contribution < -0.4 is 25.0 Å². The van der Waals surface area contributed by atoms with Crippen LogP contribution in [0.2, 0.25) is 0 Å². The summed E-state index contributed by atoms with van der Waals surface area (Å²) in [6.45, 7) is 3.60. The SMILES string of the molecule is CCCN1CC(=O)N[C@H]2CCN(c3ccc(C(=O)NC)nn3)C[C@@H]2OCc2cccc(c2)Oc2cc(ccc2OC)C1=O. The highest BCUT2D eigenvalue weighted by molar-refractivity contribution is 5.97. The van der Waals surface area contributed by atoms with Gasteiger partial charge < -0.3 is 34.6 Å². The lowest BCUT2D eigenvalue weighted by atomic mass is 10.0. The maximum absolute atomic E-state index is 13.6. The van der Waals surface area contributed by atoms with Crippen LogP contribution >= 0.6 is 0 Å². The molecule has 12 nitrogen and oxygen atoms in total. The van der Waals surface area contributed by atoms with Gasteiger partial charge in [0.15, 0.2) is 23.0 Å². The van der Waals surface area contributed by atoms with Gasteiger partial charge in [0.1, 0.15) is 5.75 Å². The number of hydrogen-bond donors (Lipinski definition) is 2. The molecule has 0 aliphatic carbocycles. The molecule has 0 spiro atoms. The third-order valence-electron chi connectivity index (χ3n) is 7.46. The molecule has 2 aromatic carbocycles. The van der Waals surface area contributed by atoms with Gasteiger partial charge in [-0.1, -0.05) is 19.1 Å². The Hall–Kier alpha value is -4.71. The zero-order chi connectivity index (χ0) is 30.3. The largest absolute Gasteiger partial charge is 0.493 e. The molecule has 0 radical (unpaired) electrons. The normalized spacial score (nSPS) is 19.1. The fraction of sp³-hybridized carbons (Fsp3) is 0.387. The van der Waals surface area contributed by atoms with E-state index >= 15 is 0 Å². The molecule has 2 aliphatic heterocycles. The van der Waals surface area contributed by atoms with Gasteiger partial charge in [-0.3, -0.25) is 14.4 Å². The van der Waals surface area contributed by atoms with Crippen LogP contribution in [0.4, 0.5) is 5.82 Å². The molecule has 2 aliphatic rings. The maximum atomic E-state index is 13.6. The van der Waals surface area contributed by atoms with E-state index in [1.807, 2.05) is 36.1 Å². The van der Waals surface area contributed by atoms with E-state index in [-0.39, 0.29) is 42.6 Å². The lowest BCUT2D eigenvalue weighted by molar-refractivity contribution is -0.124. The van der Waals surface area contributed by atoms with Crippen molar-refractivity contribution < 1.29 is 28.6 Å². The number of amides is 3. The number of benzene rings is 2. The molecule has 0 saturated carbocycles. The second kappa shape index (κ2) is 13.5. The van der Waals surface area contributed by atoms with Crippen LogP contribution in [-0.2, 0) is 16.1 Å². The molecule has 226 valence electrons. The van der Waals surface area contributed by atoms with Crippen LogP contribution in [0.25, 0.3) is 0 Å².